The summed E-state index contributed by atoms with van der Waals surface area (Å²) in [6.07, 6.45) is 0. The van der Waals surface area contributed by atoms with E-state index in [4.69, 9.17) is 21.1 Å². The quantitative estimate of drug-likeness (QED) is 0.808. The molecule has 0 amide bonds. The lowest BCUT2D eigenvalue weighted by Gasteiger charge is -2.08. The fourth-order valence-corrected chi connectivity index (χ4v) is 1.86. The van der Waals surface area contributed by atoms with Crippen LogP contribution in [0, 0.1) is 5.82 Å². The Hall–Kier alpha value is -1.72. The van der Waals surface area contributed by atoms with Crippen LogP contribution in [-0.2, 0) is 11.3 Å². The molecule has 0 saturated carbocycles. The summed E-state index contributed by atoms with van der Waals surface area (Å²) >= 11 is 5.90. The molecule has 1 aromatic heterocycles. The van der Waals surface area contributed by atoms with Gasteiger partial charge in [-0.3, -0.25) is 0 Å². The van der Waals surface area contributed by atoms with E-state index in [1.54, 1.807) is 12.1 Å². The molecule has 4 nitrogen and oxygen atoms in total. The molecule has 0 spiro atoms. The van der Waals surface area contributed by atoms with Crippen molar-refractivity contribution in [3.8, 4) is 17.0 Å². The molecule has 0 unspecified atom stereocenters. The predicted molar refractivity (Wildman–Crippen MR) is 69.7 cm³/mol. The van der Waals surface area contributed by atoms with Crippen LogP contribution < -0.4 is 4.74 Å². The summed E-state index contributed by atoms with van der Waals surface area (Å²) in [5, 5.41) is 0.235. The van der Waals surface area contributed by atoms with Crippen molar-refractivity contribution in [2.24, 2.45) is 0 Å². The fourth-order valence-electron chi connectivity index (χ4n) is 1.66. The number of ether oxygens (including phenoxy) is 2. The first-order valence-electron chi connectivity index (χ1n) is 5.51. The number of hydrogen-bond acceptors (Lipinski definition) is 4. The van der Waals surface area contributed by atoms with Crippen molar-refractivity contribution in [3.63, 3.8) is 0 Å². The summed E-state index contributed by atoms with van der Waals surface area (Å²) in [4.78, 5) is 8.21. The van der Waals surface area contributed by atoms with E-state index in [0.717, 1.165) is 0 Å². The van der Waals surface area contributed by atoms with Gasteiger partial charge in [0.2, 0.25) is 0 Å². The average Bonchev–Trinajstić information content (AvgIpc) is 2.38. The Morgan fingerprint density at radius 1 is 1.26 bits per heavy atom. The third kappa shape index (κ3) is 3.00. The monoisotopic (exact) mass is 282 g/mol. The number of benzene rings is 1. The number of aromatic nitrogens is 2. The lowest BCUT2D eigenvalue weighted by molar-refractivity contribution is 0.178. The van der Waals surface area contributed by atoms with E-state index in [0.29, 0.717) is 17.1 Å². The van der Waals surface area contributed by atoms with Crippen molar-refractivity contribution in [1.82, 2.24) is 9.97 Å². The van der Waals surface area contributed by atoms with E-state index < -0.39 is 5.82 Å². The first-order valence-corrected chi connectivity index (χ1v) is 5.88. The highest BCUT2D eigenvalue weighted by Crippen LogP contribution is 2.28. The molecule has 2 aromatic rings. The Labute approximate surface area is 115 Å². The second kappa shape index (κ2) is 5.95. The van der Waals surface area contributed by atoms with Crippen LogP contribution in [0.15, 0.2) is 24.3 Å². The largest absolute Gasteiger partial charge is 0.494 e. The predicted octanol–water partition coefficient (Wildman–Crippen LogP) is 3.09. The van der Waals surface area contributed by atoms with Crippen molar-refractivity contribution in [2.75, 3.05) is 14.2 Å². The van der Waals surface area contributed by atoms with Crippen molar-refractivity contribution < 1.29 is 13.9 Å². The van der Waals surface area contributed by atoms with Gasteiger partial charge in [0.15, 0.2) is 17.4 Å². The van der Waals surface area contributed by atoms with Crippen molar-refractivity contribution in [2.45, 2.75) is 6.61 Å². The molecule has 1 aromatic carbocycles. The Bertz CT molecular complexity index is 593. The first-order chi connectivity index (χ1) is 9.15. The molecule has 0 bridgehead atoms. The molecule has 0 aliphatic heterocycles. The third-order valence-electron chi connectivity index (χ3n) is 2.47. The minimum absolute atomic E-state index is 0.153. The van der Waals surface area contributed by atoms with Crippen LogP contribution in [0.4, 0.5) is 4.39 Å². The first kappa shape index (κ1) is 13.7. The second-order valence-corrected chi connectivity index (χ2v) is 4.13. The Balaban J connectivity index is 2.52. The topological polar surface area (TPSA) is 44.2 Å². The van der Waals surface area contributed by atoms with Gasteiger partial charge in [-0.15, -0.1) is 0 Å². The molecule has 19 heavy (non-hydrogen) atoms. The van der Waals surface area contributed by atoms with Crippen molar-refractivity contribution in [3.05, 3.63) is 41.1 Å². The van der Waals surface area contributed by atoms with Gasteiger partial charge < -0.3 is 9.47 Å². The van der Waals surface area contributed by atoms with Gasteiger partial charge in [0.25, 0.3) is 0 Å². The molecule has 6 heteroatoms. The van der Waals surface area contributed by atoms with Gasteiger partial charge in [0, 0.05) is 18.7 Å². The maximum atomic E-state index is 14.1. The van der Waals surface area contributed by atoms with Crippen molar-refractivity contribution in [1.29, 1.82) is 0 Å². The highest BCUT2D eigenvalue weighted by Gasteiger charge is 2.13. The summed E-state index contributed by atoms with van der Waals surface area (Å²) in [6.45, 7) is 0.207. The van der Waals surface area contributed by atoms with Gasteiger partial charge in [0.1, 0.15) is 11.8 Å². The van der Waals surface area contributed by atoms with Gasteiger partial charge in [-0.25, -0.2) is 14.4 Å². The van der Waals surface area contributed by atoms with Gasteiger partial charge in [-0.2, -0.15) is 0 Å². The summed E-state index contributed by atoms with van der Waals surface area (Å²) in [7, 11) is 2.93. The summed E-state index contributed by atoms with van der Waals surface area (Å²) in [6, 6.07) is 6.33. The van der Waals surface area contributed by atoms with E-state index in [9.17, 15) is 4.39 Å². The zero-order valence-electron chi connectivity index (χ0n) is 10.5. The minimum atomic E-state index is -0.483. The smallest absolute Gasteiger partial charge is 0.174 e. The van der Waals surface area contributed by atoms with Crippen LogP contribution in [0.2, 0.25) is 5.15 Å². The standard InChI is InChI=1S/C13H12ClFN2O2/c1-18-7-12-16-9(6-11(14)17-12)8-4-3-5-10(19-2)13(8)15/h3-6H,7H2,1-2H3. The fraction of sp³-hybridized carbons (Fsp3) is 0.231. The molecule has 0 aliphatic carbocycles. The Kier molecular flexibility index (Phi) is 4.29. The maximum Gasteiger partial charge on any atom is 0.174 e. The van der Waals surface area contributed by atoms with Crippen LogP contribution in [0.1, 0.15) is 5.82 Å². The van der Waals surface area contributed by atoms with Crippen LogP contribution in [0.25, 0.3) is 11.3 Å². The Morgan fingerprint density at radius 3 is 2.74 bits per heavy atom. The van der Waals surface area contributed by atoms with Crippen LogP contribution in [-0.4, -0.2) is 24.2 Å². The average molecular weight is 283 g/mol. The molecular formula is C13H12ClFN2O2. The second-order valence-electron chi connectivity index (χ2n) is 3.75. The molecular weight excluding hydrogens is 271 g/mol. The van der Waals surface area contributed by atoms with E-state index in [-0.39, 0.29) is 17.5 Å². The lowest BCUT2D eigenvalue weighted by atomic mass is 10.1. The molecule has 0 saturated heterocycles. The highest BCUT2D eigenvalue weighted by atomic mass is 35.5. The van der Waals surface area contributed by atoms with Gasteiger partial charge in [0.05, 0.1) is 12.8 Å². The van der Waals surface area contributed by atoms with Gasteiger partial charge in [-0.1, -0.05) is 17.7 Å². The van der Waals surface area contributed by atoms with E-state index >= 15 is 0 Å². The molecule has 0 aliphatic rings. The summed E-state index contributed by atoms with van der Waals surface area (Å²) in [5.74, 6) is 0.0656. The number of methoxy groups -OCH3 is 2. The highest BCUT2D eigenvalue weighted by molar-refractivity contribution is 6.29. The number of halogens is 2. The normalized spacial score (nSPS) is 10.5. The number of nitrogens with zero attached hydrogens (tertiary/aromatic N) is 2. The maximum absolute atomic E-state index is 14.1. The molecule has 1 heterocycles. The molecule has 0 atom stereocenters. The third-order valence-corrected chi connectivity index (χ3v) is 2.67. The van der Waals surface area contributed by atoms with Crippen LogP contribution in [0.3, 0.4) is 0 Å². The molecule has 0 N–H and O–H groups in total. The minimum Gasteiger partial charge on any atom is -0.494 e. The van der Waals surface area contributed by atoms with Gasteiger partial charge >= 0.3 is 0 Å². The van der Waals surface area contributed by atoms with E-state index in [1.807, 2.05) is 0 Å². The molecule has 100 valence electrons. The SMILES string of the molecule is COCc1nc(Cl)cc(-c2cccc(OC)c2F)n1. The van der Waals surface area contributed by atoms with E-state index in [2.05, 4.69) is 9.97 Å². The molecule has 2 rings (SSSR count). The zero-order chi connectivity index (χ0) is 13.8. The molecule has 0 fully saturated rings. The molecule has 0 radical (unpaired) electrons. The lowest BCUT2D eigenvalue weighted by Crippen LogP contribution is -2.00. The summed E-state index contributed by atoms with van der Waals surface area (Å²) < 4.78 is 24.0. The van der Waals surface area contributed by atoms with Crippen LogP contribution >= 0.6 is 11.6 Å². The number of rotatable bonds is 4. The number of hydrogen-bond donors (Lipinski definition) is 0. The van der Waals surface area contributed by atoms with Gasteiger partial charge in [-0.05, 0) is 12.1 Å². The van der Waals surface area contributed by atoms with Crippen molar-refractivity contribution >= 4 is 11.6 Å². The van der Waals surface area contributed by atoms with Crippen LogP contribution in [0.5, 0.6) is 5.75 Å². The van der Waals surface area contributed by atoms with E-state index in [1.165, 1.54) is 26.4 Å². The zero-order valence-corrected chi connectivity index (χ0v) is 11.2. The Morgan fingerprint density at radius 2 is 2.05 bits per heavy atom. The summed E-state index contributed by atoms with van der Waals surface area (Å²) in [5.41, 5.74) is 0.699.